The first kappa shape index (κ1) is 24.0. The van der Waals surface area contributed by atoms with Gasteiger partial charge < -0.3 is 16.2 Å². The largest absolute Gasteiger partial charge is 0.393 e. The normalized spacial score (nSPS) is 25.1. The van der Waals surface area contributed by atoms with Crippen LogP contribution in [0, 0.1) is 11.8 Å². The molecule has 0 saturated heterocycles. The van der Waals surface area contributed by atoms with E-state index in [2.05, 4.69) is 53.8 Å². The van der Waals surface area contributed by atoms with E-state index < -0.39 is 5.91 Å². The summed E-state index contributed by atoms with van der Waals surface area (Å²) < 4.78 is 0. The molecule has 196 valence electrons. The van der Waals surface area contributed by atoms with Crippen molar-refractivity contribution in [2.45, 2.75) is 50.7 Å². The molecule has 2 aromatic carbocycles. The van der Waals surface area contributed by atoms with Crippen molar-refractivity contribution < 1.29 is 9.90 Å². The molecule has 4 aromatic rings. The Kier molecular flexibility index (Phi) is 5.70. The van der Waals surface area contributed by atoms with Gasteiger partial charge in [0.2, 0.25) is 0 Å². The number of hydrogen-bond donors (Lipinski definition) is 3. The van der Waals surface area contributed by atoms with Gasteiger partial charge in [-0.1, -0.05) is 31.2 Å². The smallest absolute Gasteiger partial charge is 0.250 e. The molecule has 39 heavy (non-hydrogen) atoms. The Morgan fingerprint density at radius 2 is 1.85 bits per heavy atom. The van der Waals surface area contributed by atoms with Crippen molar-refractivity contribution in [3.05, 3.63) is 72.1 Å². The minimum atomic E-state index is -0.468. The van der Waals surface area contributed by atoms with E-state index in [1.165, 1.54) is 5.56 Å². The lowest BCUT2D eigenvalue weighted by molar-refractivity contribution is 0.100. The van der Waals surface area contributed by atoms with E-state index in [-0.39, 0.29) is 12.1 Å². The lowest BCUT2D eigenvalue weighted by Crippen LogP contribution is -2.29. The zero-order valence-corrected chi connectivity index (χ0v) is 21.8. The average molecular weight is 518 g/mol. The molecule has 7 nitrogen and oxygen atoms in total. The highest BCUT2D eigenvalue weighted by Crippen LogP contribution is 2.57. The summed E-state index contributed by atoms with van der Waals surface area (Å²) in [4.78, 5) is 26.3. The third-order valence-electron chi connectivity index (χ3n) is 8.80. The molecule has 1 amide bonds. The van der Waals surface area contributed by atoms with E-state index in [0.717, 1.165) is 64.7 Å². The van der Waals surface area contributed by atoms with E-state index in [1.807, 2.05) is 24.5 Å². The Morgan fingerprint density at radius 3 is 2.67 bits per heavy atom. The molecule has 3 atom stereocenters. The second kappa shape index (κ2) is 9.27. The van der Waals surface area contributed by atoms with Crippen LogP contribution in [-0.4, -0.2) is 39.3 Å². The van der Waals surface area contributed by atoms with Crippen molar-refractivity contribution in [2.24, 2.45) is 22.6 Å². The van der Waals surface area contributed by atoms with Gasteiger partial charge in [0.15, 0.2) is 5.82 Å². The van der Waals surface area contributed by atoms with Gasteiger partial charge in [0.05, 0.1) is 17.4 Å². The molecular formula is C32H31N5O2. The summed E-state index contributed by atoms with van der Waals surface area (Å²) in [6.07, 6.45) is 8.77. The molecule has 3 aliphatic rings. The van der Waals surface area contributed by atoms with E-state index in [0.29, 0.717) is 29.0 Å². The lowest BCUT2D eigenvalue weighted by Gasteiger charge is -2.28. The number of nitrogens with zero attached hydrogens (tertiary/aromatic N) is 3. The van der Waals surface area contributed by atoms with Crippen LogP contribution in [0.2, 0.25) is 0 Å². The van der Waals surface area contributed by atoms with Gasteiger partial charge in [-0.15, -0.1) is 0 Å². The molecule has 2 aromatic heterocycles. The highest BCUT2D eigenvalue weighted by Gasteiger charge is 2.49. The predicted molar refractivity (Wildman–Crippen MR) is 154 cm³/mol. The Labute approximate surface area is 227 Å². The Bertz CT molecular complexity index is 1640. The van der Waals surface area contributed by atoms with Crippen LogP contribution in [0.3, 0.4) is 0 Å². The van der Waals surface area contributed by atoms with Crippen LogP contribution in [0.15, 0.2) is 65.9 Å². The third kappa shape index (κ3) is 4.17. The van der Waals surface area contributed by atoms with Gasteiger partial charge in [-0.2, -0.15) is 0 Å². The first-order valence-corrected chi connectivity index (χ1v) is 13.8. The van der Waals surface area contributed by atoms with Gasteiger partial charge in [0, 0.05) is 58.3 Å². The molecule has 2 fully saturated rings. The summed E-state index contributed by atoms with van der Waals surface area (Å²) in [5.41, 5.74) is 12.1. The van der Waals surface area contributed by atoms with Gasteiger partial charge in [-0.25, -0.2) is 9.98 Å². The van der Waals surface area contributed by atoms with Crippen molar-refractivity contribution in [3.8, 4) is 22.4 Å². The van der Waals surface area contributed by atoms with Gasteiger partial charge in [0.1, 0.15) is 0 Å². The highest BCUT2D eigenvalue weighted by atomic mass is 16.3. The number of carbonyl (C=O) groups excluding carboxylic acids is 1. The Morgan fingerprint density at radius 1 is 1.00 bits per heavy atom. The molecular weight excluding hydrogens is 486 g/mol. The lowest BCUT2D eigenvalue weighted by atomic mass is 9.92. The second-order valence-corrected chi connectivity index (χ2v) is 11.2. The summed E-state index contributed by atoms with van der Waals surface area (Å²) in [6, 6.07) is 16.5. The number of benzene rings is 2. The first-order chi connectivity index (χ1) is 19.0. The molecule has 0 radical (unpaired) electrons. The quantitative estimate of drug-likeness (QED) is 0.308. The van der Waals surface area contributed by atoms with E-state index in [9.17, 15) is 9.90 Å². The maximum atomic E-state index is 12.2. The number of amides is 1. The summed E-state index contributed by atoms with van der Waals surface area (Å²) in [5, 5.41) is 15.6. The zero-order chi connectivity index (χ0) is 26.7. The molecule has 4 N–H and O–H groups in total. The minimum Gasteiger partial charge on any atom is -0.393 e. The number of nitrogens with two attached hydrogens (primary N) is 1. The average Bonchev–Trinajstić information content (AvgIpc) is 3.63. The van der Waals surface area contributed by atoms with Crippen molar-refractivity contribution in [1.29, 1.82) is 0 Å². The van der Waals surface area contributed by atoms with E-state index in [4.69, 9.17) is 15.7 Å². The van der Waals surface area contributed by atoms with E-state index in [1.54, 1.807) is 6.07 Å². The number of nitrogens with one attached hydrogen (secondary N) is 1. The topological polar surface area (TPSA) is 113 Å². The number of carbonyl (C=O) groups is 1. The van der Waals surface area contributed by atoms with Crippen LogP contribution in [0.1, 0.15) is 54.4 Å². The number of anilines is 1. The van der Waals surface area contributed by atoms with Gasteiger partial charge in [0.25, 0.3) is 5.91 Å². The first-order valence-electron chi connectivity index (χ1n) is 13.8. The van der Waals surface area contributed by atoms with Crippen LogP contribution in [0.4, 0.5) is 11.5 Å². The monoisotopic (exact) mass is 517 g/mol. The summed E-state index contributed by atoms with van der Waals surface area (Å²) in [7, 11) is 0. The number of aliphatic hydroxyl groups is 1. The molecule has 2 saturated carbocycles. The van der Waals surface area contributed by atoms with Crippen LogP contribution < -0.4 is 11.1 Å². The summed E-state index contributed by atoms with van der Waals surface area (Å²) in [5.74, 6) is 2.03. The fourth-order valence-corrected chi connectivity index (χ4v) is 6.50. The van der Waals surface area contributed by atoms with Gasteiger partial charge >= 0.3 is 0 Å². The molecule has 1 aliphatic heterocycles. The van der Waals surface area contributed by atoms with Crippen LogP contribution in [-0.2, 0) is 0 Å². The van der Waals surface area contributed by atoms with Crippen LogP contribution in [0.25, 0.3) is 33.2 Å². The molecule has 7 rings (SSSR count). The number of hydrogen-bond acceptors (Lipinski definition) is 6. The second-order valence-electron chi connectivity index (χ2n) is 11.2. The maximum Gasteiger partial charge on any atom is 0.250 e. The standard InChI is InChI=1S/C32H31N5O2/c1-17-27-16-36-32-26(29(17)27)13-19(15-35-32)22-3-2-4-24-23(22)11-12-34-30(24)18-5-10-25(31(33)39)28(14-18)37-20-6-8-21(38)9-7-20/h2-5,10-17,20-21,27,29,37-38H,6-9H2,1H3,(H2,33,39). The van der Waals surface area contributed by atoms with Crippen molar-refractivity contribution in [3.63, 3.8) is 0 Å². The zero-order valence-electron chi connectivity index (χ0n) is 21.8. The number of aliphatic imine (C=N–C) groups is 1. The molecule has 2 aliphatic carbocycles. The minimum absolute atomic E-state index is 0.184. The van der Waals surface area contributed by atoms with Crippen LogP contribution in [0.5, 0.6) is 0 Å². The van der Waals surface area contributed by atoms with Crippen molar-refractivity contribution in [2.75, 3.05) is 5.32 Å². The SMILES string of the molecule is CC1C2C=Nc3ncc(-c4cccc5c(-c6ccc(C(N)=O)c(NC7CCC(O)CC7)c6)nccc45)cc3C12. The number of primary amides is 1. The highest BCUT2D eigenvalue weighted by molar-refractivity contribution is 6.04. The molecule has 7 heteroatoms. The fourth-order valence-electron chi connectivity index (χ4n) is 6.50. The van der Waals surface area contributed by atoms with Gasteiger partial charge in [-0.3, -0.25) is 9.78 Å². The third-order valence-corrected chi connectivity index (χ3v) is 8.80. The molecule has 0 bridgehead atoms. The van der Waals surface area contributed by atoms with Gasteiger partial charge in [-0.05, 0) is 72.7 Å². The van der Waals surface area contributed by atoms with Crippen molar-refractivity contribution >= 4 is 34.4 Å². The number of pyridine rings is 2. The molecule has 3 heterocycles. The number of aliphatic hydroxyl groups excluding tert-OH is 1. The van der Waals surface area contributed by atoms with Crippen molar-refractivity contribution in [1.82, 2.24) is 9.97 Å². The van der Waals surface area contributed by atoms with Crippen LogP contribution >= 0.6 is 0 Å². The number of rotatable bonds is 5. The Balaban J connectivity index is 1.29. The fraction of sp³-hybridized carbons (Fsp3) is 0.312. The maximum absolute atomic E-state index is 12.2. The number of aromatic nitrogens is 2. The summed E-state index contributed by atoms with van der Waals surface area (Å²) >= 11 is 0. The Hall–Kier alpha value is -4.10. The van der Waals surface area contributed by atoms with E-state index >= 15 is 0 Å². The molecule has 0 spiro atoms. The number of fused-ring (bicyclic) bond motifs is 4. The predicted octanol–water partition coefficient (Wildman–Crippen LogP) is 5.84. The summed E-state index contributed by atoms with van der Waals surface area (Å²) in [6.45, 7) is 2.28. The molecule has 3 unspecified atom stereocenters.